The van der Waals surface area contributed by atoms with Crippen LogP contribution in [0.25, 0.3) is 10.1 Å². The van der Waals surface area contributed by atoms with E-state index < -0.39 is 5.97 Å². The Balaban J connectivity index is 1.41. The summed E-state index contributed by atoms with van der Waals surface area (Å²) in [5, 5.41) is 24.5. The number of hydrogen-bond acceptors (Lipinski definition) is 4. The SMILES string of the molecule is O=C(O)CCC/C=C\CC1C2CC[C@@H](C2)C1NC(=O)c1csc2ccc(O)cc12. The number of unbranched alkanes of at least 4 members (excludes halogenated alkanes) is 1. The van der Waals surface area contributed by atoms with E-state index in [0.717, 1.165) is 22.9 Å². The molecule has 29 heavy (non-hydrogen) atoms. The number of carbonyl (C=O) groups is 2. The molecule has 0 radical (unpaired) electrons. The van der Waals surface area contributed by atoms with Crippen LogP contribution in [-0.4, -0.2) is 28.1 Å². The molecule has 1 aromatic carbocycles. The molecule has 2 bridgehead atoms. The predicted molar refractivity (Wildman–Crippen MR) is 114 cm³/mol. The van der Waals surface area contributed by atoms with E-state index in [1.807, 2.05) is 11.4 Å². The van der Waals surface area contributed by atoms with Gasteiger partial charge in [0.05, 0.1) is 5.56 Å². The summed E-state index contributed by atoms with van der Waals surface area (Å²) in [6, 6.07) is 5.35. The highest BCUT2D eigenvalue weighted by molar-refractivity contribution is 7.17. The first-order chi connectivity index (χ1) is 14.0. The van der Waals surface area contributed by atoms with Crippen molar-refractivity contribution in [3.8, 4) is 5.75 Å². The number of rotatable bonds is 8. The van der Waals surface area contributed by atoms with Crippen molar-refractivity contribution >= 4 is 33.3 Å². The number of fused-ring (bicyclic) bond motifs is 3. The van der Waals surface area contributed by atoms with Crippen LogP contribution in [0.2, 0.25) is 0 Å². The Labute approximate surface area is 174 Å². The fourth-order valence-electron chi connectivity index (χ4n) is 5.14. The third-order valence-electron chi connectivity index (χ3n) is 6.52. The smallest absolute Gasteiger partial charge is 0.303 e. The van der Waals surface area contributed by atoms with Crippen molar-refractivity contribution < 1.29 is 19.8 Å². The first-order valence-corrected chi connectivity index (χ1v) is 11.3. The van der Waals surface area contributed by atoms with Gasteiger partial charge in [0.15, 0.2) is 0 Å². The zero-order chi connectivity index (χ0) is 20.4. The molecule has 1 amide bonds. The summed E-state index contributed by atoms with van der Waals surface area (Å²) in [5.41, 5.74) is 0.645. The molecule has 0 saturated heterocycles. The third kappa shape index (κ3) is 4.32. The number of carboxylic acid groups (broad SMARTS) is 1. The highest BCUT2D eigenvalue weighted by atomic mass is 32.1. The first kappa shape index (κ1) is 20.0. The number of phenolic OH excluding ortho intramolecular Hbond substituents is 1. The number of carboxylic acids is 1. The van der Waals surface area contributed by atoms with Crippen LogP contribution < -0.4 is 5.32 Å². The molecular weight excluding hydrogens is 386 g/mol. The standard InChI is InChI=1S/C23H27NO4S/c25-16-9-10-20-18(12-16)19(13-29-20)23(28)24-22-15-8-7-14(11-15)17(22)5-3-1-2-4-6-21(26)27/h1,3,9-10,12-15,17,22,25H,2,4-8,11H2,(H,24,28)(H,26,27)/b3-1-/t14?,15-,17?,22?/m0/s1. The number of hydrogen-bond donors (Lipinski definition) is 3. The minimum atomic E-state index is -0.747. The molecular formula is C23H27NO4S. The molecule has 2 aliphatic rings. The van der Waals surface area contributed by atoms with Gasteiger partial charge in [0.2, 0.25) is 0 Å². The Kier molecular flexibility index (Phi) is 5.90. The van der Waals surface area contributed by atoms with Crippen LogP contribution in [0.15, 0.2) is 35.7 Å². The number of benzene rings is 1. The van der Waals surface area contributed by atoms with Gasteiger partial charge in [-0.2, -0.15) is 0 Å². The Morgan fingerprint density at radius 2 is 2.03 bits per heavy atom. The molecule has 154 valence electrons. The van der Waals surface area contributed by atoms with Crippen molar-refractivity contribution in [3.05, 3.63) is 41.3 Å². The van der Waals surface area contributed by atoms with Crippen molar-refractivity contribution in [2.45, 2.75) is 51.0 Å². The maximum Gasteiger partial charge on any atom is 0.303 e. The molecule has 0 spiro atoms. The van der Waals surface area contributed by atoms with Crippen LogP contribution in [0.4, 0.5) is 0 Å². The summed E-state index contributed by atoms with van der Waals surface area (Å²) >= 11 is 1.52. The first-order valence-electron chi connectivity index (χ1n) is 10.4. The maximum absolute atomic E-state index is 13.0. The van der Waals surface area contributed by atoms with Gasteiger partial charge < -0.3 is 15.5 Å². The number of aliphatic carboxylic acids is 1. The lowest BCUT2D eigenvalue weighted by molar-refractivity contribution is -0.137. The molecule has 0 aliphatic heterocycles. The highest BCUT2D eigenvalue weighted by Crippen LogP contribution is 2.50. The second-order valence-corrected chi connectivity index (χ2v) is 9.23. The zero-order valence-electron chi connectivity index (χ0n) is 16.3. The topological polar surface area (TPSA) is 86.6 Å². The molecule has 6 heteroatoms. The van der Waals surface area contributed by atoms with E-state index in [1.165, 1.54) is 30.6 Å². The Bertz CT molecular complexity index is 934. The fraction of sp³-hybridized carbons (Fsp3) is 0.478. The lowest BCUT2D eigenvalue weighted by Gasteiger charge is -2.31. The van der Waals surface area contributed by atoms with Gasteiger partial charge in [-0.15, -0.1) is 11.3 Å². The van der Waals surface area contributed by atoms with Crippen LogP contribution in [-0.2, 0) is 4.79 Å². The number of thiophene rings is 1. The van der Waals surface area contributed by atoms with E-state index in [-0.39, 0.29) is 24.1 Å². The second kappa shape index (κ2) is 8.57. The summed E-state index contributed by atoms with van der Waals surface area (Å²) in [6.07, 6.45) is 10.5. The van der Waals surface area contributed by atoms with E-state index >= 15 is 0 Å². The van der Waals surface area contributed by atoms with Gasteiger partial charge in [0.1, 0.15) is 5.75 Å². The summed E-state index contributed by atoms with van der Waals surface area (Å²) in [5.74, 6) is 1.05. The van der Waals surface area contributed by atoms with Gasteiger partial charge in [-0.25, -0.2) is 0 Å². The number of aromatic hydroxyl groups is 1. The third-order valence-corrected chi connectivity index (χ3v) is 7.49. The average Bonchev–Trinajstić information content (AvgIpc) is 3.39. The van der Waals surface area contributed by atoms with Crippen molar-refractivity contribution in [2.75, 3.05) is 0 Å². The number of carbonyl (C=O) groups excluding carboxylic acids is 1. The Morgan fingerprint density at radius 1 is 1.21 bits per heavy atom. The van der Waals surface area contributed by atoms with Crippen LogP contribution in [0.5, 0.6) is 5.75 Å². The molecule has 1 aromatic heterocycles. The van der Waals surface area contributed by atoms with Gasteiger partial charge in [0, 0.05) is 27.9 Å². The van der Waals surface area contributed by atoms with Gasteiger partial charge in [-0.3, -0.25) is 9.59 Å². The summed E-state index contributed by atoms with van der Waals surface area (Å²) < 4.78 is 1.00. The van der Waals surface area contributed by atoms with E-state index in [2.05, 4.69) is 17.5 Å². The van der Waals surface area contributed by atoms with E-state index in [9.17, 15) is 14.7 Å². The average molecular weight is 414 g/mol. The lowest BCUT2D eigenvalue weighted by atomic mass is 9.82. The Morgan fingerprint density at radius 3 is 2.86 bits per heavy atom. The van der Waals surface area contributed by atoms with Gasteiger partial charge in [-0.05, 0) is 74.5 Å². The van der Waals surface area contributed by atoms with Crippen LogP contribution in [0.3, 0.4) is 0 Å². The van der Waals surface area contributed by atoms with Crippen molar-refractivity contribution in [3.63, 3.8) is 0 Å². The summed E-state index contributed by atoms with van der Waals surface area (Å²) in [6.45, 7) is 0. The molecule has 2 fully saturated rings. The fourth-order valence-corrected chi connectivity index (χ4v) is 6.06. The van der Waals surface area contributed by atoms with Crippen LogP contribution in [0, 0.1) is 17.8 Å². The van der Waals surface area contributed by atoms with Gasteiger partial charge >= 0.3 is 5.97 Å². The molecule has 3 N–H and O–H groups in total. The zero-order valence-corrected chi connectivity index (χ0v) is 17.2. The summed E-state index contributed by atoms with van der Waals surface area (Å²) in [7, 11) is 0. The number of nitrogens with one attached hydrogen (secondary N) is 1. The van der Waals surface area contributed by atoms with Gasteiger partial charge in [0.25, 0.3) is 5.91 Å². The van der Waals surface area contributed by atoms with Gasteiger partial charge in [-0.1, -0.05) is 12.2 Å². The van der Waals surface area contributed by atoms with E-state index in [4.69, 9.17) is 5.11 Å². The largest absolute Gasteiger partial charge is 0.508 e. The Hall–Kier alpha value is -2.34. The second-order valence-electron chi connectivity index (χ2n) is 8.32. The lowest BCUT2D eigenvalue weighted by Crippen LogP contribution is -2.43. The molecule has 5 nitrogen and oxygen atoms in total. The van der Waals surface area contributed by atoms with E-state index in [0.29, 0.717) is 29.7 Å². The molecule has 3 unspecified atom stereocenters. The highest BCUT2D eigenvalue weighted by Gasteiger charge is 2.47. The van der Waals surface area contributed by atoms with Crippen LogP contribution >= 0.6 is 11.3 Å². The number of phenols is 1. The van der Waals surface area contributed by atoms with E-state index in [1.54, 1.807) is 12.1 Å². The monoisotopic (exact) mass is 413 g/mol. The number of amides is 1. The quantitative estimate of drug-likeness (QED) is 0.422. The van der Waals surface area contributed by atoms with Crippen molar-refractivity contribution in [2.24, 2.45) is 17.8 Å². The maximum atomic E-state index is 13.0. The van der Waals surface area contributed by atoms with Crippen LogP contribution in [0.1, 0.15) is 55.3 Å². The molecule has 4 rings (SSSR count). The molecule has 2 aliphatic carbocycles. The van der Waals surface area contributed by atoms with Crippen molar-refractivity contribution in [1.82, 2.24) is 5.32 Å². The number of allylic oxidation sites excluding steroid dienone is 2. The summed E-state index contributed by atoms with van der Waals surface area (Å²) in [4.78, 5) is 23.6. The predicted octanol–water partition coefficient (Wildman–Crippen LogP) is 4.95. The molecule has 2 saturated carbocycles. The molecule has 1 heterocycles. The molecule has 4 atom stereocenters. The van der Waals surface area contributed by atoms with Crippen molar-refractivity contribution in [1.29, 1.82) is 0 Å². The normalized spacial score (nSPS) is 25.8. The minimum Gasteiger partial charge on any atom is -0.508 e. The molecule has 2 aromatic rings. The minimum absolute atomic E-state index is 0.0464.